The van der Waals surface area contributed by atoms with Crippen molar-refractivity contribution in [3.8, 4) is 0 Å². The van der Waals surface area contributed by atoms with Crippen molar-refractivity contribution in [1.29, 1.82) is 0 Å². The molecule has 0 aliphatic carbocycles. The van der Waals surface area contributed by atoms with Crippen LogP contribution in [0.5, 0.6) is 0 Å². The lowest BCUT2D eigenvalue weighted by molar-refractivity contribution is 0.207. The zero-order chi connectivity index (χ0) is 12.0. The Hall–Kier alpha value is -0.460. The van der Waals surface area contributed by atoms with Crippen LogP contribution in [0.4, 0.5) is 0 Å². The monoisotopic (exact) mass is 246 g/mol. The summed E-state index contributed by atoms with van der Waals surface area (Å²) in [4.78, 5) is 6.59. The van der Waals surface area contributed by atoms with Gasteiger partial charge in [-0.1, -0.05) is 0 Å². The molecule has 1 fully saturated rings. The van der Waals surface area contributed by atoms with Gasteiger partial charge in [-0.05, 0) is 13.8 Å². The van der Waals surface area contributed by atoms with Crippen molar-refractivity contribution in [2.75, 3.05) is 39.1 Å². The quantitative estimate of drug-likeness (QED) is 0.246. The Balaban J connectivity index is 2.55. The molecule has 0 unspecified atom stereocenters. The molecule has 0 bridgehead atoms. The number of hydrogen-bond acceptors (Lipinski definition) is 4. The summed E-state index contributed by atoms with van der Waals surface area (Å²) in [6.45, 7) is 7.70. The van der Waals surface area contributed by atoms with E-state index < -0.39 is 0 Å². The normalized spacial score (nSPS) is 21.0. The van der Waals surface area contributed by atoms with Gasteiger partial charge in [0.2, 0.25) is 5.96 Å². The number of thioether (sulfide) groups is 1. The second-order valence-electron chi connectivity index (χ2n) is 4.37. The fourth-order valence-electron chi connectivity index (χ4n) is 1.68. The van der Waals surface area contributed by atoms with Crippen molar-refractivity contribution in [3.63, 3.8) is 0 Å². The highest BCUT2D eigenvalue weighted by atomic mass is 32.2. The number of hydrazine groups is 1. The second kappa shape index (κ2) is 6.32. The number of aliphatic imine (C=N–C) groups is 1. The van der Waals surface area contributed by atoms with E-state index in [1.54, 1.807) is 7.11 Å². The van der Waals surface area contributed by atoms with E-state index in [0.717, 1.165) is 24.8 Å². The molecule has 0 spiro atoms. The number of guanidine groups is 1. The Labute approximate surface area is 102 Å². The number of nitrogens with zero attached hydrogens (tertiary/aromatic N) is 2. The Kier molecular flexibility index (Phi) is 5.37. The minimum Gasteiger partial charge on any atom is -0.383 e. The van der Waals surface area contributed by atoms with Crippen molar-refractivity contribution in [1.82, 2.24) is 10.3 Å². The van der Waals surface area contributed by atoms with E-state index in [0.29, 0.717) is 13.2 Å². The third-order valence-electron chi connectivity index (χ3n) is 2.41. The summed E-state index contributed by atoms with van der Waals surface area (Å²) in [7, 11) is 1.67. The molecule has 1 heterocycles. The summed E-state index contributed by atoms with van der Waals surface area (Å²) in [5.41, 5.74) is 2.68. The van der Waals surface area contributed by atoms with Crippen LogP contribution in [0.15, 0.2) is 4.99 Å². The van der Waals surface area contributed by atoms with Crippen LogP contribution in [0.1, 0.15) is 13.8 Å². The maximum atomic E-state index is 5.50. The largest absolute Gasteiger partial charge is 0.383 e. The van der Waals surface area contributed by atoms with Gasteiger partial charge in [0.25, 0.3) is 0 Å². The topological polar surface area (TPSA) is 62.9 Å². The van der Waals surface area contributed by atoms with Gasteiger partial charge in [-0.3, -0.25) is 5.43 Å². The molecule has 0 aromatic heterocycles. The first-order valence-corrected chi connectivity index (χ1v) is 6.46. The summed E-state index contributed by atoms with van der Waals surface area (Å²) in [6, 6.07) is 0. The third-order valence-corrected chi connectivity index (χ3v) is 3.71. The lowest BCUT2D eigenvalue weighted by Crippen LogP contribution is -2.52. The minimum atomic E-state index is 0.261. The molecule has 0 aromatic rings. The fraction of sp³-hybridized carbons (Fsp3) is 0.900. The maximum Gasteiger partial charge on any atom is 0.208 e. The molecular weight excluding hydrogens is 224 g/mol. The first-order valence-electron chi connectivity index (χ1n) is 5.48. The van der Waals surface area contributed by atoms with Gasteiger partial charge in [0, 0.05) is 30.7 Å². The zero-order valence-corrected chi connectivity index (χ0v) is 11.1. The lowest BCUT2D eigenvalue weighted by atomic mass is 10.2. The van der Waals surface area contributed by atoms with Crippen LogP contribution in [0.3, 0.4) is 0 Å². The van der Waals surface area contributed by atoms with Crippen LogP contribution in [-0.4, -0.2) is 54.7 Å². The molecule has 3 N–H and O–H groups in total. The van der Waals surface area contributed by atoms with E-state index in [9.17, 15) is 0 Å². The van der Waals surface area contributed by atoms with Crippen molar-refractivity contribution in [3.05, 3.63) is 0 Å². The van der Waals surface area contributed by atoms with Crippen LogP contribution >= 0.6 is 11.8 Å². The Morgan fingerprint density at radius 2 is 2.38 bits per heavy atom. The number of nitrogens with one attached hydrogen (secondary N) is 1. The standard InChI is InChI=1S/C10H22N4OS/c1-10(2)8-14(5-7-16-10)9(13-11)12-4-6-15-3/h4-8,11H2,1-3H3,(H,12,13). The summed E-state index contributed by atoms with van der Waals surface area (Å²) >= 11 is 1.99. The predicted octanol–water partition coefficient (Wildman–Crippen LogP) is 0.280. The van der Waals surface area contributed by atoms with Gasteiger partial charge in [0.05, 0.1) is 13.2 Å². The van der Waals surface area contributed by atoms with Crippen LogP contribution < -0.4 is 11.3 Å². The molecule has 0 atom stereocenters. The van der Waals surface area contributed by atoms with E-state index in [2.05, 4.69) is 29.2 Å². The third kappa shape index (κ3) is 4.19. The molecule has 1 aliphatic rings. The molecule has 0 saturated carbocycles. The van der Waals surface area contributed by atoms with Crippen molar-refractivity contribution in [2.45, 2.75) is 18.6 Å². The highest BCUT2D eigenvalue weighted by Crippen LogP contribution is 2.29. The zero-order valence-electron chi connectivity index (χ0n) is 10.3. The number of rotatable bonds is 3. The van der Waals surface area contributed by atoms with Gasteiger partial charge in [-0.2, -0.15) is 11.8 Å². The minimum absolute atomic E-state index is 0.261. The van der Waals surface area contributed by atoms with E-state index in [1.165, 1.54) is 0 Å². The first kappa shape index (κ1) is 13.6. The highest BCUT2D eigenvalue weighted by Gasteiger charge is 2.28. The Morgan fingerprint density at radius 1 is 1.62 bits per heavy atom. The molecular formula is C10H22N4OS. The number of methoxy groups -OCH3 is 1. The van der Waals surface area contributed by atoms with Crippen molar-refractivity contribution < 1.29 is 4.74 Å². The van der Waals surface area contributed by atoms with Crippen LogP contribution in [-0.2, 0) is 4.74 Å². The second-order valence-corrected chi connectivity index (χ2v) is 6.17. The van der Waals surface area contributed by atoms with E-state index in [4.69, 9.17) is 10.6 Å². The smallest absolute Gasteiger partial charge is 0.208 e. The lowest BCUT2D eigenvalue weighted by Gasteiger charge is -2.38. The van der Waals surface area contributed by atoms with Gasteiger partial charge in [0.1, 0.15) is 0 Å². The molecule has 1 rings (SSSR count). The molecule has 1 saturated heterocycles. The Morgan fingerprint density at radius 3 is 2.94 bits per heavy atom. The number of hydrogen-bond donors (Lipinski definition) is 2. The molecule has 0 aromatic carbocycles. The first-order chi connectivity index (χ1) is 7.59. The number of nitrogens with two attached hydrogens (primary N) is 1. The predicted molar refractivity (Wildman–Crippen MR) is 69.6 cm³/mol. The molecule has 0 amide bonds. The van der Waals surface area contributed by atoms with Gasteiger partial charge < -0.3 is 9.64 Å². The molecule has 94 valence electrons. The SMILES string of the molecule is COCCN=C(NN)N1CCSC(C)(C)C1. The maximum absolute atomic E-state index is 5.50. The van der Waals surface area contributed by atoms with Crippen LogP contribution in [0, 0.1) is 0 Å². The van der Waals surface area contributed by atoms with Crippen LogP contribution in [0.2, 0.25) is 0 Å². The molecule has 16 heavy (non-hydrogen) atoms. The summed E-state index contributed by atoms with van der Waals surface area (Å²) < 4.78 is 5.23. The van der Waals surface area contributed by atoms with Gasteiger partial charge in [0.15, 0.2) is 0 Å². The van der Waals surface area contributed by atoms with E-state index >= 15 is 0 Å². The average Bonchev–Trinajstić information content (AvgIpc) is 2.23. The van der Waals surface area contributed by atoms with Crippen LogP contribution in [0.25, 0.3) is 0 Å². The van der Waals surface area contributed by atoms with Gasteiger partial charge in [-0.15, -0.1) is 0 Å². The van der Waals surface area contributed by atoms with Gasteiger partial charge >= 0.3 is 0 Å². The van der Waals surface area contributed by atoms with E-state index in [-0.39, 0.29) is 4.75 Å². The molecule has 0 radical (unpaired) electrons. The molecule has 6 heteroatoms. The summed E-state index contributed by atoms with van der Waals surface area (Å²) in [6.07, 6.45) is 0. The summed E-state index contributed by atoms with van der Waals surface area (Å²) in [5, 5.41) is 0. The Bertz CT molecular complexity index is 245. The highest BCUT2D eigenvalue weighted by molar-refractivity contribution is 8.00. The molecule has 1 aliphatic heterocycles. The van der Waals surface area contributed by atoms with Crippen molar-refractivity contribution in [2.24, 2.45) is 10.8 Å². The fourth-order valence-corrected chi connectivity index (χ4v) is 2.79. The number of ether oxygens (including phenoxy) is 1. The van der Waals surface area contributed by atoms with E-state index in [1.807, 2.05) is 11.8 Å². The van der Waals surface area contributed by atoms with Crippen molar-refractivity contribution >= 4 is 17.7 Å². The molecule has 5 nitrogen and oxygen atoms in total. The average molecular weight is 246 g/mol. The summed E-state index contributed by atoms with van der Waals surface area (Å²) in [5.74, 6) is 7.38. The van der Waals surface area contributed by atoms with Gasteiger partial charge in [-0.25, -0.2) is 10.8 Å².